The van der Waals surface area contributed by atoms with Crippen LogP contribution < -0.4 is 10.6 Å². The maximum Gasteiger partial charge on any atom is 0.191 e. The summed E-state index contributed by atoms with van der Waals surface area (Å²) in [6.07, 6.45) is 1.92. The number of guanidine groups is 1. The summed E-state index contributed by atoms with van der Waals surface area (Å²) in [5, 5.41) is 6.27. The first-order valence-electron chi connectivity index (χ1n) is 8.67. The summed E-state index contributed by atoms with van der Waals surface area (Å²) in [6, 6.07) is 3.25. The van der Waals surface area contributed by atoms with Crippen molar-refractivity contribution >= 4 is 5.96 Å². The number of ether oxygens (including phenoxy) is 2. The van der Waals surface area contributed by atoms with E-state index in [4.69, 9.17) is 9.47 Å². The quantitative estimate of drug-likeness (QED) is 0.428. The highest BCUT2D eigenvalue weighted by Crippen LogP contribution is 2.17. The molecule has 2 rings (SSSR count). The molecular weight excluding hydrogens is 328 g/mol. The van der Waals surface area contributed by atoms with Crippen LogP contribution in [0.2, 0.25) is 0 Å². The topological polar surface area (TPSA) is 54.9 Å². The zero-order chi connectivity index (χ0) is 18.1. The second-order valence-electron chi connectivity index (χ2n) is 6.19. The van der Waals surface area contributed by atoms with E-state index < -0.39 is 11.6 Å². The van der Waals surface area contributed by atoms with Gasteiger partial charge in [-0.05, 0) is 25.8 Å². The Morgan fingerprint density at radius 2 is 2.28 bits per heavy atom. The smallest absolute Gasteiger partial charge is 0.191 e. The van der Waals surface area contributed by atoms with Gasteiger partial charge in [-0.2, -0.15) is 0 Å². The van der Waals surface area contributed by atoms with Gasteiger partial charge in [0.05, 0.1) is 19.3 Å². The van der Waals surface area contributed by atoms with E-state index in [0.717, 1.165) is 38.7 Å². The van der Waals surface area contributed by atoms with Crippen LogP contribution in [0.1, 0.15) is 31.4 Å². The molecule has 1 aliphatic heterocycles. The van der Waals surface area contributed by atoms with Crippen LogP contribution in [0.4, 0.5) is 8.78 Å². The minimum absolute atomic E-state index is 0.328. The average molecular weight is 355 g/mol. The van der Waals surface area contributed by atoms with E-state index in [2.05, 4.69) is 15.6 Å². The standard InChI is InChI=1S/C18H27F2N3O2/c1-13(16-5-4-15(19)10-17(16)20)23-18(21-2)22-7-3-8-24-11-14-6-9-25-12-14/h4-5,10,13-14H,3,6-9,11-12H2,1-2H3,(H2,21,22,23). The second kappa shape index (κ2) is 10.3. The van der Waals surface area contributed by atoms with Crippen molar-refractivity contribution in [3.05, 3.63) is 35.4 Å². The highest BCUT2D eigenvalue weighted by atomic mass is 19.1. The second-order valence-corrected chi connectivity index (χ2v) is 6.19. The van der Waals surface area contributed by atoms with Gasteiger partial charge in [-0.25, -0.2) is 8.78 Å². The van der Waals surface area contributed by atoms with Crippen molar-refractivity contribution in [1.29, 1.82) is 0 Å². The Morgan fingerprint density at radius 1 is 1.44 bits per heavy atom. The number of hydrogen-bond acceptors (Lipinski definition) is 3. The van der Waals surface area contributed by atoms with Gasteiger partial charge in [0.25, 0.3) is 0 Å². The van der Waals surface area contributed by atoms with Crippen molar-refractivity contribution in [1.82, 2.24) is 10.6 Å². The lowest BCUT2D eigenvalue weighted by Crippen LogP contribution is -2.39. The SMILES string of the molecule is CN=C(NCCCOCC1CCOC1)NC(C)c1ccc(F)cc1F. The minimum Gasteiger partial charge on any atom is -0.381 e. The first kappa shape index (κ1) is 19.6. The van der Waals surface area contributed by atoms with Crippen molar-refractivity contribution in [3.63, 3.8) is 0 Å². The number of halogens is 2. The van der Waals surface area contributed by atoms with E-state index in [-0.39, 0.29) is 6.04 Å². The first-order chi connectivity index (χ1) is 12.1. The summed E-state index contributed by atoms with van der Waals surface area (Å²) in [5.74, 6) is -0.0610. The maximum absolute atomic E-state index is 13.8. The molecule has 0 bridgehead atoms. The van der Waals surface area contributed by atoms with E-state index in [1.54, 1.807) is 14.0 Å². The molecule has 2 unspecified atom stereocenters. The molecule has 0 aliphatic carbocycles. The molecule has 1 aromatic carbocycles. The number of nitrogens with one attached hydrogen (secondary N) is 2. The third kappa shape index (κ3) is 6.59. The van der Waals surface area contributed by atoms with Crippen LogP contribution in [0.15, 0.2) is 23.2 Å². The molecule has 0 spiro atoms. The van der Waals surface area contributed by atoms with Gasteiger partial charge >= 0.3 is 0 Å². The van der Waals surface area contributed by atoms with Gasteiger partial charge in [0.15, 0.2) is 5.96 Å². The zero-order valence-corrected chi connectivity index (χ0v) is 14.9. The molecular formula is C18H27F2N3O2. The van der Waals surface area contributed by atoms with Crippen molar-refractivity contribution in [3.8, 4) is 0 Å². The fourth-order valence-corrected chi connectivity index (χ4v) is 2.68. The molecule has 2 atom stereocenters. The Hall–Kier alpha value is -1.73. The molecule has 1 fully saturated rings. The monoisotopic (exact) mass is 355 g/mol. The fourth-order valence-electron chi connectivity index (χ4n) is 2.68. The molecule has 0 radical (unpaired) electrons. The lowest BCUT2D eigenvalue weighted by atomic mass is 10.1. The third-order valence-electron chi connectivity index (χ3n) is 4.14. The lowest BCUT2D eigenvalue weighted by Gasteiger charge is -2.19. The highest BCUT2D eigenvalue weighted by molar-refractivity contribution is 5.80. The van der Waals surface area contributed by atoms with Crippen LogP contribution in [0.3, 0.4) is 0 Å². The van der Waals surface area contributed by atoms with Gasteiger partial charge in [-0.3, -0.25) is 4.99 Å². The summed E-state index contributed by atoms with van der Waals surface area (Å²) in [6.45, 7) is 5.54. The molecule has 140 valence electrons. The molecule has 1 saturated heterocycles. The Kier molecular flexibility index (Phi) is 8.08. The summed E-state index contributed by atoms with van der Waals surface area (Å²) in [7, 11) is 1.65. The molecule has 0 saturated carbocycles. The van der Waals surface area contributed by atoms with Crippen molar-refractivity contribution < 1.29 is 18.3 Å². The van der Waals surface area contributed by atoms with Crippen LogP contribution in [0.5, 0.6) is 0 Å². The molecule has 25 heavy (non-hydrogen) atoms. The molecule has 5 nitrogen and oxygen atoms in total. The Balaban J connectivity index is 1.65. The van der Waals surface area contributed by atoms with E-state index in [0.29, 0.717) is 30.6 Å². The summed E-state index contributed by atoms with van der Waals surface area (Å²) in [5.41, 5.74) is 0.395. The third-order valence-corrected chi connectivity index (χ3v) is 4.14. The van der Waals surface area contributed by atoms with Gasteiger partial charge < -0.3 is 20.1 Å². The number of aliphatic imine (C=N–C) groups is 1. The maximum atomic E-state index is 13.8. The fraction of sp³-hybridized carbons (Fsp3) is 0.611. The molecule has 1 aliphatic rings. The summed E-state index contributed by atoms with van der Waals surface area (Å²) in [4.78, 5) is 4.12. The normalized spacial score (nSPS) is 19.0. The molecule has 0 aromatic heterocycles. The van der Waals surface area contributed by atoms with Crippen molar-refractivity contribution in [2.24, 2.45) is 10.9 Å². The number of nitrogens with zero attached hydrogens (tertiary/aromatic N) is 1. The Bertz CT molecular complexity index is 563. The Morgan fingerprint density at radius 3 is 2.96 bits per heavy atom. The van der Waals surface area contributed by atoms with Gasteiger partial charge in [0.2, 0.25) is 0 Å². The van der Waals surface area contributed by atoms with E-state index in [1.165, 1.54) is 12.1 Å². The lowest BCUT2D eigenvalue weighted by molar-refractivity contribution is 0.0888. The van der Waals surface area contributed by atoms with E-state index >= 15 is 0 Å². The highest BCUT2D eigenvalue weighted by Gasteiger charge is 2.15. The molecule has 0 amide bonds. The Labute approximate surface area is 147 Å². The first-order valence-corrected chi connectivity index (χ1v) is 8.67. The van der Waals surface area contributed by atoms with Gasteiger partial charge in [-0.1, -0.05) is 6.07 Å². The van der Waals surface area contributed by atoms with Crippen LogP contribution in [-0.2, 0) is 9.47 Å². The predicted molar refractivity (Wildman–Crippen MR) is 93.6 cm³/mol. The van der Waals surface area contributed by atoms with Gasteiger partial charge in [0, 0.05) is 44.4 Å². The molecule has 2 N–H and O–H groups in total. The average Bonchev–Trinajstić information content (AvgIpc) is 3.10. The van der Waals surface area contributed by atoms with Crippen molar-refractivity contribution in [2.75, 3.05) is 40.0 Å². The molecule has 1 heterocycles. The zero-order valence-electron chi connectivity index (χ0n) is 14.9. The summed E-state index contributed by atoms with van der Waals surface area (Å²) >= 11 is 0. The summed E-state index contributed by atoms with van der Waals surface area (Å²) < 4.78 is 37.8. The number of rotatable bonds is 8. The van der Waals surface area contributed by atoms with Crippen LogP contribution in [-0.4, -0.2) is 46.0 Å². The molecule has 1 aromatic rings. The number of benzene rings is 1. The van der Waals surface area contributed by atoms with E-state index in [9.17, 15) is 8.78 Å². The number of hydrogen-bond donors (Lipinski definition) is 2. The minimum atomic E-state index is -0.583. The van der Waals surface area contributed by atoms with Gasteiger partial charge in [-0.15, -0.1) is 0 Å². The van der Waals surface area contributed by atoms with Crippen LogP contribution >= 0.6 is 0 Å². The van der Waals surface area contributed by atoms with Crippen molar-refractivity contribution in [2.45, 2.75) is 25.8 Å². The largest absolute Gasteiger partial charge is 0.381 e. The van der Waals surface area contributed by atoms with Crippen LogP contribution in [0.25, 0.3) is 0 Å². The molecule has 7 heteroatoms. The van der Waals surface area contributed by atoms with Gasteiger partial charge in [0.1, 0.15) is 11.6 Å². The van der Waals surface area contributed by atoms with Crippen LogP contribution in [0, 0.1) is 17.6 Å². The van der Waals surface area contributed by atoms with E-state index in [1.807, 2.05) is 0 Å². The predicted octanol–water partition coefficient (Wildman–Crippen LogP) is 2.63.